The Hall–Kier alpha value is -1.40. The van der Waals surface area contributed by atoms with Crippen LogP contribution in [0.4, 0.5) is 0 Å². The normalized spacial score (nSPS) is 25.6. The lowest BCUT2D eigenvalue weighted by Crippen LogP contribution is -2.42. The summed E-state index contributed by atoms with van der Waals surface area (Å²) in [5, 5.41) is 0. The first-order valence-corrected chi connectivity index (χ1v) is 6.74. The molecule has 1 aliphatic heterocycles. The Morgan fingerprint density at radius 3 is 2.10 bits per heavy atom. The zero-order valence-corrected chi connectivity index (χ0v) is 12.3. The Kier molecular flexibility index (Phi) is 6.67. The Bertz CT molecular complexity index is 347. The van der Waals surface area contributed by atoms with Crippen molar-refractivity contribution in [2.24, 2.45) is 11.8 Å². The molecule has 0 unspecified atom stereocenters. The summed E-state index contributed by atoms with van der Waals surface area (Å²) in [6.07, 6.45) is 2.60. The lowest BCUT2D eigenvalue weighted by atomic mass is 9.86. The van der Waals surface area contributed by atoms with E-state index in [0.717, 1.165) is 0 Å². The second kappa shape index (κ2) is 8.01. The summed E-state index contributed by atoms with van der Waals surface area (Å²) >= 11 is 0. The second-order valence-corrected chi connectivity index (χ2v) is 4.39. The third-order valence-corrected chi connectivity index (χ3v) is 3.08. The van der Waals surface area contributed by atoms with Gasteiger partial charge in [0.15, 0.2) is 12.2 Å². The number of hydrogen-bond donors (Lipinski definition) is 0. The summed E-state index contributed by atoms with van der Waals surface area (Å²) < 4.78 is 20.6. The largest absolute Gasteiger partial charge is 0.465 e. The molecule has 0 spiro atoms. The molecule has 0 saturated heterocycles. The van der Waals surface area contributed by atoms with Crippen LogP contribution in [0, 0.1) is 11.8 Å². The minimum absolute atomic E-state index is 0.209. The van der Waals surface area contributed by atoms with E-state index in [1.165, 1.54) is 7.11 Å². The third kappa shape index (κ3) is 4.05. The average molecular weight is 286 g/mol. The van der Waals surface area contributed by atoms with E-state index in [1.54, 1.807) is 32.9 Å². The molecule has 0 aromatic rings. The van der Waals surface area contributed by atoms with Gasteiger partial charge in [-0.15, -0.1) is 0 Å². The van der Waals surface area contributed by atoms with E-state index in [2.05, 4.69) is 0 Å². The van der Waals surface area contributed by atoms with Crippen molar-refractivity contribution in [3.8, 4) is 0 Å². The second-order valence-electron chi connectivity index (χ2n) is 4.39. The number of carbonyl (C=O) groups excluding carboxylic acids is 2. The van der Waals surface area contributed by atoms with Crippen LogP contribution in [-0.2, 0) is 28.5 Å². The maximum atomic E-state index is 12.0. The van der Waals surface area contributed by atoms with Crippen molar-refractivity contribution in [1.82, 2.24) is 0 Å². The zero-order valence-electron chi connectivity index (χ0n) is 12.3. The molecule has 20 heavy (non-hydrogen) atoms. The van der Waals surface area contributed by atoms with Crippen LogP contribution in [0.15, 0.2) is 12.2 Å². The van der Waals surface area contributed by atoms with Gasteiger partial charge >= 0.3 is 11.9 Å². The van der Waals surface area contributed by atoms with E-state index in [9.17, 15) is 9.59 Å². The Morgan fingerprint density at radius 2 is 1.70 bits per heavy atom. The highest BCUT2D eigenvalue weighted by molar-refractivity contribution is 5.95. The van der Waals surface area contributed by atoms with E-state index in [1.807, 2.05) is 0 Å². The molecule has 0 aromatic carbocycles. The summed E-state index contributed by atoms with van der Waals surface area (Å²) in [6.45, 7) is 5.59. The van der Waals surface area contributed by atoms with E-state index < -0.39 is 30.1 Å². The standard InChI is InChI=1S/C14H22O6/c1-5-18-13(15)12(14(16)19-6-2)10-7-8-11(17-4)20-9(10)3/h7-12H,5-6H2,1-4H3/t9-,10-,11-/m0/s1. The topological polar surface area (TPSA) is 71.1 Å². The highest BCUT2D eigenvalue weighted by Gasteiger charge is 2.41. The fraction of sp³-hybridized carbons (Fsp3) is 0.714. The van der Waals surface area contributed by atoms with Crippen molar-refractivity contribution in [3.63, 3.8) is 0 Å². The fourth-order valence-electron chi connectivity index (χ4n) is 2.11. The van der Waals surface area contributed by atoms with Gasteiger partial charge in [0, 0.05) is 13.0 Å². The summed E-state index contributed by atoms with van der Waals surface area (Å²) in [6, 6.07) is 0. The lowest BCUT2D eigenvalue weighted by molar-refractivity contribution is -0.175. The minimum atomic E-state index is -1.01. The van der Waals surface area contributed by atoms with Crippen LogP contribution in [0.25, 0.3) is 0 Å². The average Bonchev–Trinajstić information content (AvgIpc) is 2.41. The van der Waals surface area contributed by atoms with Gasteiger partial charge in [0.05, 0.1) is 19.3 Å². The van der Waals surface area contributed by atoms with E-state index in [0.29, 0.717) is 0 Å². The van der Waals surface area contributed by atoms with Crippen molar-refractivity contribution in [1.29, 1.82) is 0 Å². The SMILES string of the molecule is CCOC(=O)C(C(=O)OCC)[C@H]1C=C[C@@H](OC)O[C@H]1C. The first-order chi connectivity index (χ1) is 9.54. The van der Waals surface area contributed by atoms with Gasteiger partial charge in [0.25, 0.3) is 0 Å². The molecule has 0 fully saturated rings. The molecular formula is C14H22O6. The molecule has 3 atom stereocenters. The number of carbonyl (C=O) groups is 2. The van der Waals surface area contributed by atoms with Crippen molar-refractivity contribution in [2.75, 3.05) is 20.3 Å². The van der Waals surface area contributed by atoms with Crippen LogP contribution < -0.4 is 0 Å². The van der Waals surface area contributed by atoms with Gasteiger partial charge in [-0.3, -0.25) is 9.59 Å². The number of hydrogen-bond acceptors (Lipinski definition) is 6. The molecule has 0 radical (unpaired) electrons. The number of esters is 2. The van der Waals surface area contributed by atoms with Gasteiger partial charge in [-0.2, -0.15) is 0 Å². The van der Waals surface area contributed by atoms with Crippen LogP contribution in [0.3, 0.4) is 0 Å². The summed E-state index contributed by atoms with van der Waals surface area (Å²) in [4.78, 5) is 24.0. The van der Waals surface area contributed by atoms with Crippen molar-refractivity contribution in [2.45, 2.75) is 33.2 Å². The van der Waals surface area contributed by atoms with Crippen LogP contribution in [-0.4, -0.2) is 44.7 Å². The van der Waals surface area contributed by atoms with Crippen LogP contribution in [0.1, 0.15) is 20.8 Å². The van der Waals surface area contributed by atoms with Crippen molar-refractivity contribution < 1.29 is 28.5 Å². The zero-order chi connectivity index (χ0) is 15.1. The molecule has 6 nitrogen and oxygen atoms in total. The van der Waals surface area contributed by atoms with Crippen LogP contribution in [0.5, 0.6) is 0 Å². The highest BCUT2D eigenvalue weighted by atomic mass is 16.7. The van der Waals surface area contributed by atoms with Gasteiger partial charge in [-0.05, 0) is 26.8 Å². The van der Waals surface area contributed by atoms with Gasteiger partial charge in [0.1, 0.15) is 0 Å². The third-order valence-electron chi connectivity index (χ3n) is 3.08. The molecule has 114 valence electrons. The predicted molar refractivity (Wildman–Crippen MR) is 70.7 cm³/mol. The minimum Gasteiger partial charge on any atom is -0.465 e. The number of methoxy groups -OCH3 is 1. The number of ether oxygens (including phenoxy) is 4. The van der Waals surface area contributed by atoms with Gasteiger partial charge in [-0.1, -0.05) is 6.08 Å². The van der Waals surface area contributed by atoms with E-state index >= 15 is 0 Å². The molecular weight excluding hydrogens is 264 g/mol. The molecule has 0 amide bonds. The first-order valence-electron chi connectivity index (χ1n) is 6.74. The highest BCUT2D eigenvalue weighted by Crippen LogP contribution is 2.28. The molecule has 0 N–H and O–H groups in total. The Morgan fingerprint density at radius 1 is 1.15 bits per heavy atom. The maximum absolute atomic E-state index is 12.0. The summed E-state index contributed by atoms with van der Waals surface area (Å²) in [5.41, 5.74) is 0. The van der Waals surface area contributed by atoms with Crippen molar-refractivity contribution >= 4 is 11.9 Å². The first kappa shape index (κ1) is 16.7. The van der Waals surface area contributed by atoms with Gasteiger partial charge in [-0.25, -0.2) is 0 Å². The molecule has 6 heteroatoms. The van der Waals surface area contributed by atoms with Gasteiger partial charge < -0.3 is 18.9 Å². The molecule has 0 bridgehead atoms. The van der Waals surface area contributed by atoms with Crippen LogP contribution >= 0.6 is 0 Å². The van der Waals surface area contributed by atoms with E-state index in [4.69, 9.17) is 18.9 Å². The predicted octanol–water partition coefficient (Wildman–Crippen LogP) is 1.29. The lowest BCUT2D eigenvalue weighted by Gasteiger charge is -2.32. The Labute approximate surface area is 119 Å². The summed E-state index contributed by atoms with van der Waals surface area (Å²) in [5.74, 6) is -2.63. The fourth-order valence-corrected chi connectivity index (χ4v) is 2.11. The maximum Gasteiger partial charge on any atom is 0.321 e. The Balaban J connectivity index is 2.92. The van der Waals surface area contributed by atoms with Crippen LogP contribution in [0.2, 0.25) is 0 Å². The van der Waals surface area contributed by atoms with E-state index in [-0.39, 0.29) is 19.3 Å². The quantitative estimate of drug-likeness (QED) is 0.416. The molecule has 0 aromatic heterocycles. The van der Waals surface area contributed by atoms with Crippen molar-refractivity contribution in [3.05, 3.63) is 12.2 Å². The monoisotopic (exact) mass is 286 g/mol. The smallest absolute Gasteiger partial charge is 0.321 e. The molecule has 1 aliphatic rings. The molecule has 1 heterocycles. The number of rotatable bonds is 6. The molecule has 0 saturated carbocycles. The van der Waals surface area contributed by atoms with Gasteiger partial charge in [0.2, 0.25) is 0 Å². The molecule has 1 rings (SSSR count). The molecule has 0 aliphatic carbocycles. The summed E-state index contributed by atoms with van der Waals surface area (Å²) in [7, 11) is 1.52.